The van der Waals surface area contributed by atoms with Crippen LogP contribution in [0.2, 0.25) is 0 Å². The Morgan fingerprint density at radius 3 is 2.14 bits per heavy atom. The SMILES string of the molecule is C[C@H](NC(=O)c1ccccc1C(=O)NC1CCC(Nc2nccc(N(C)C)n2)CC1)c1ccccc1. The van der Waals surface area contributed by atoms with E-state index >= 15 is 0 Å². The number of amides is 2. The number of carbonyl (C=O) groups is 2. The molecule has 1 aromatic heterocycles. The highest BCUT2D eigenvalue weighted by atomic mass is 16.2. The summed E-state index contributed by atoms with van der Waals surface area (Å²) < 4.78 is 0. The summed E-state index contributed by atoms with van der Waals surface area (Å²) >= 11 is 0. The lowest BCUT2D eigenvalue weighted by Gasteiger charge is -2.30. The molecule has 1 atom stereocenters. The Hall–Kier alpha value is -3.94. The predicted molar refractivity (Wildman–Crippen MR) is 142 cm³/mol. The average Bonchev–Trinajstić information content (AvgIpc) is 2.90. The molecule has 0 radical (unpaired) electrons. The van der Waals surface area contributed by atoms with Crippen LogP contribution in [-0.2, 0) is 0 Å². The number of hydrogen-bond acceptors (Lipinski definition) is 6. The van der Waals surface area contributed by atoms with Gasteiger partial charge in [-0.05, 0) is 56.4 Å². The van der Waals surface area contributed by atoms with Gasteiger partial charge in [-0.2, -0.15) is 4.98 Å². The largest absolute Gasteiger partial charge is 0.363 e. The average molecular weight is 487 g/mol. The van der Waals surface area contributed by atoms with Crippen LogP contribution in [-0.4, -0.2) is 48.0 Å². The summed E-state index contributed by atoms with van der Waals surface area (Å²) in [6.07, 6.45) is 5.24. The van der Waals surface area contributed by atoms with Gasteiger partial charge >= 0.3 is 0 Å². The quantitative estimate of drug-likeness (QED) is 0.442. The number of rotatable bonds is 8. The molecule has 0 unspecified atom stereocenters. The Balaban J connectivity index is 1.32. The fraction of sp³-hybridized carbons (Fsp3) is 0.357. The fourth-order valence-corrected chi connectivity index (χ4v) is 4.47. The Bertz CT molecular complexity index is 1180. The van der Waals surface area contributed by atoms with E-state index in [9.17, 15) is 9.59 Å². The zero-order valence-corrected chi connectivity index (χ0v) is 21.1. The van der Waals surface area contributed by atoms with Crippen molar-refractivity contribution in [1.29, 1.82) is 0 Å². The van der Waals surface area contributed by atoms with Crippen LogP contribution in [0.15, 0.2) is 66.9 Å². The molecule has 1 saturated carbocycles. The van der Waals surface area contributed by atoms with Crippen LogP contribution in [0.1, 0.15) is 64.9 Å². The number of aromatic nitrogens is 2. The van der Waals surface area contributed by atoms with E-state index < -0.39 is 0 Å². The molecular weight excluding hydrogens is 452 g/mol. The highest BCUT2D eigenvalue weighted by molar-refractivity contribution is 6.07. The summed E-state index contributed by atoms with van der Waals surface area (Å²) in [6.45, 7) is 1.93. The molecule has 1 heterocycles. The minimum atomic E-state index is -0.259. The second-order valence-corrected chi connectivity index (χ2v) is 9.45. The molecular formula is C28H34N6O2. The van der Waals surface area contributed by atoms with Gasteiger partial charge in [0, 0.05) is 32.4 Å². The van der Waals surface area contributed by atoms with Crippen molar-refractivity contribution in [3.8, 4) is 0 Å². The molecule has 2 amide bonds. The molecule has 0 bridgehead atoms. The zero-order valence-electron chi connectivity index (χ0n) is 21.1. The standard InChI is InChI=1S/C28H34N6O2/c1-19(20-9-5-4-6-10-20)30-26(35)23-11-7-8-12-24(23)27(36)31-21-13-15-22(16-14-21)32-28-29-18-17-25(33-28)34(2)3/h4-12,17-19,21-22H,13-16H2,1-3H3,(H,30,35)(H,31,36)(H,29,32,33)/t19-,21?,22?/m0/s1. The third-order valence-corrected chi connectivity index (χ3v) is 6.56. The van der Waals surface area contributed by atoms with Crippen molar-refractivity contribution in [2.75, 3.05) is 24.3 Å². The van der Waals surface area contributed by atoms with Gasteiger partial charge in [-0.3, -0.25) is 9.59 Å². The highest BCUT2D eigenvalue weighted by Gasteiger charge is 2.25. The lowest BCUT2D eigenvalue weighted by atomic mass is 9.91. The number of anilines is 2. The first-order valence-corrected chi connectivity index (χ1v) is 12.4. The summed E-state index contributed by atoms with van der Waals surface area (Å²) in [4.78, 5) is 37.0. The number of carbonyl (C=O) groups excluding carboxylic acids is 2. The van der Waals surface area contributed by atoms with Crippen molar-refractivity contribution in [3.05, 3.63) is 83.6 Å². The van der Waals surface area contributed by atoms with Crippen molar-refractivity contribution in [3.63, 3.8) is 0 Å². The normalized spacial score (nSPS) is 18.1. The number of nitrogens with one attached hydrogen (secondary N) is 3. The Kier molecular flexibility index (Phi) is 8.15. The van der Waals surface area contributed by atoms with Crippen molar-refractivity contribution in [2.45, 2.75) is 50.7 Å². The number of benzene rings is 2. The van der Waals surface area contributed by atoms with Crippen molar-refractivity contribution >= 4 is 23.6 Å². The molecule has 1 aliphatic carbocycles. The Labute approximate surface area is 212 Å². The maximum Gasteiger partial charge on any atom is 0.252 e. The second kappa shape index (κ2) is 11.7. The molecule has 188 valence electrons. The summed E-state index contributed by atoms with van der Waals surface area (Å²) in [5, 5.41) is 9.57. The molecule has 1 aliphatic rings. The minimum absolute atomic E-state index is 0.0592. The van der Waals surface area contributed by atoms with Gasteiger partial charge in [-0.15, -0.1) is 0 Å². The molecule has 3 aromatic rings. The van der Waals surface area contributed by atoms with E-state index in [1.807, 2.05) is 62.3 Å². The molecule has 0 aliphatic heterocycles. The Morgan fingerprint density at radius 2 is 1.47 bits per heavy atom. The molecule has 2 aromatic carbocycles. The molecule has 0 saturated heterocycles. The van der Waals surface area contributed by atoms with Crippen LogP contribution in [0.5, 0.6) is 0 Å². The van der Waals surface area contributed by atoms with Gasteiger partial charge in [0.2, 0.25) is 5.95 Å². The van der Waals surface area contributed by atoms with Crippen LogP contribution in [0, 0.1) is 0 Å². The second-order valence-electron chi connectivity index (χ2n) is 9.45. The summed E-state index contributed by atoms with van der Waals surface area (Å²) in [5.74, 6) is 1.00. The van der Waals surface area contributed by atoms with Crippen LogP contribution >= 0.6 is 0 Å². The van der Waals surface area contributed by atoms with Crippen LogP contribution in [0.4, 0.5) is 11.8 Å². The summed E-state index contributed by atoms with van der Waals surface area (Å²) in [5.41, 5.74) is 1.78. The molecule has 0 spiro atoms. The molecule has 8 heteroatoms. The molecule has 36 heavy (non-hydrogen) atoms. The van der Waals surface area contributed by atoms with Crippen LogP contribution < -0.4 is 20.9 Å². The van der Waals surface area contributed by atoms with E-state index in [2.05, 4.69) is 25.9 Å². The minimum Gasteiger partial charge on any atom is -0.363 e. The van der Waals surface area contributed by atoms with Gasteiger partial charge in [-0.1, -0.05) is 42.5 Å². The fourth-order valence-electron chi connectivity index (χ4n) is 4.47. The van der Waals surface area contributed by atoms with Gasteiger partial charge in [0.15, 0.2) is 0 Å². The first kappa shape index (κ1) is 25.2. The lowest BCUT2D eigenvalue weighted by molar-refractivity contribution is 0.0897. The molecule has 3 N–H and O–H groups in total. The topological polar surface area (TPSA) is 99.2 Å². The van der Waals surface area contributed by atoms with Gasteiger partial charge in [0.05, 0.1) is 17.2 Å². The van der Waals surface area contributed by atoms with Crippen molar-refractivity contribution in [2.24, 2.45) is 0 Å². The molecule has 8 nitrogen and oxygen atoms in total. The van der Waals surface area contributed by atoms with Gasteiger partial charge < -0.3 is 20.9 Å². The lowest BCUT2D eigenvalue weighted by Crippen LogP contribution is -2.41. The van der Waals surface area contributed by atoms with E-state index in [0.717, 1.165) is 37.1 Å². The van der Waals surface area contributed by atoms with E-state index in [-0.39, 0.29) is 29.9 Å². The highest BCUT2D eigenvalue weighted by Crippen LogP contribution is 2.23. The van der Waals surface area contributed by atoms with Crippen molar-refractivity contribution < 1.29 is 9.59 Å². The molecule has 4 rings (SSSR count). The van der Waals surface area contributed by atoms with Gasteiger partial charge in [0.25, 0.3) is 11.8 Å². The first-order valence-electron chi connectivity index (χ1n) is 12.4. The smallest absolute Gasteiger partial charge is 0.252 e. The first-order chi connectivity index (χ1) is 17.4. The third kappa shape index (κ3) is 6.38. The molecule has 1 fully saturated rings. The van der Waals surface area contributed by atoms with Crippen molar-refractivity contribution in [1.82, 2.24) is 20.6 Å². The number of nitrogens with zero attached hydrogens (tertiary/aromatic N) is 3. The van der Waals surface area contributed by atoms with E-state index in [1.165, 1.54) is 0 Å². The van der Waals surface area contributed by atoms with Crippen LogP contribution in [0.25, 0.3) is 0 Å². The summed E-state index contributed by atoms with van der Waals surface area (Å²) in [7, 11) is 3.90. The van der Waals surface area contributed by atoms with Crippen LogP contribution in [0.3, 0.4) is 0 Å². The third-order valence-electron chi connectivity index (χ3n) is 6.56. The maximum absolute atomic E-state index is 13.1. The maximum atomic E-state index is 13.1. The number of hydrogen-bond donors (Lipinski definition) is 3. The zero-order chi connectivity index (χ0) is 25.5. The van der Waals surface area contributed by atoms with Gasteiger partial charge in [0.1, 0.15) is 5.82 Å². The Morgan fingerprint density at radius 1 is 0.861 bits per heavy atom. The van der Waals surface area contributed by atoms with E-state index in [1.54, 1.807) is 30.5 Å². The predicted octanol–water partition coefficient (Wildman–Crippen LogP) is 4.19. The monoisotopic (exact) mass is 486 g/mol. The van der Waals surface area contributed by atoms with E-state index in [4.69, 9.17) is 0 Å². The van der Waals surface area contributed by atoms with Gasteiger partial charge in [-0.25, -0.2) is 4.98 Å². The van der Waals surface area contributed by atoms with E-state index in [0.29, 0.717) is 17.1 Å². The summed E-state index contributed by atoms with van der Waals surface area (Å²) in [6, 6.07) is 18.8.